The number of hydrogen-bond acceptors (Lipinski definition) is 2. The van der Waals surface area contributed by atoms with Crippen molar-refractivity contribution in [3.05, 3.63) is 64.4 Å². The van der Waals surface area contributed by atoms with Crippen LogP contribution in [0.15, 0.2) is 42.5 Å². The highest BCUT2D eigenvalue weighted by molar-refractivity contribution is 6.31. The van der Waals surface area contributed by atoms with E-state index in [4.69, 9.17) is 16.3 Å². The molecule has 2 aromatic rings. The minimum atomic E-state index is -0.493. The highest BCUT2D eigenvalue weighted by atomic mass is 35.5. The van der Waals surface area contributed by atoms with Crippen LogP contribution >= 0.6 is 11.6 Å². The lowest BCUT2D eigenvalue weighted by Gasteiger charge is -2.24. The molecule has 21 heavy (non-hydrogen) atoms. The van der Waals surface area contributed by atoms with E-state index in [0.717, 1.165) is 11.3 Å². The number of carbonyl (C=O) groups is 1. The van der Waals surface area contributed by atoms with Gasteiger partial charge in [-0.2, -0.15) is 0 Å². The molecule has 0 radical (unpaired) electrons. The van der Waals surface area contributed by atoms with Gasteiger partial charge in [-0.1, -0.05) is 41.9 Å². The quantitative estimate of drug-likeness (QED) is 0.861. The molecule has 0 amide bonds. The van der Waals surface area contributed by atoms with Crippen molar-refractivity contribution >= 4 is 17.4 Å². The summed E-state index contributed by atoms with van der Waals surface area (Å²) in [5.74, 6) is 0.161. The maximum atomic E-state index is 13.4. The SMILES string of the molecule is O=C(Cc1cccc(F)c1Cl)C1COc2ccccc2C1. The molecule has 2 aromatic carbocycles. The standard InChI is InChI=1S/C17H14ClFO2/c18-17-12(5-3-6-14(17)19)9-15(20)13-8-11-4-1-2-7-16(11)21-10-13/h1-7,13H,8-10H2. The summed E-state index contributed by atoms with van der Waals surface area (Å²) in [6.45, 7) is 0.364. The lowest BCUT2D eigenvalue weighted by Crippen LogP contribution is -2.29. The van der Waals surface area contributed by atoms with Gasteiger partial charge in [0, 0.05) is 6.42 Å². The van der Waals surface area contributed by atoms with Crippen molar-refractivity contribution in [2.75, 3.05) is 6.61 Å². The predicted octanol–water partition coefficient (Wildman–Crippen LogP) is 3.84. The topological polar surface area (TPSA) is 26.3 Å². The number of fused-ring (bicyclic) bond motifs is 1. The van der Waals surface area contributed by atoms with E-state index >= 15 is 0 Å². The number of rotatable bonds is 3. The zero-order valence-corrected chi connectivity index (χ0v) is 12.1. The van der Waals surface area contributed by atoms with Crippen molar-refractivity contribution in [2.24, 2.45) is 5.92 Å². The second-order valence-corrected chi connectivity index (χ2v) is 5.55. The second-order valence-electron chi connectivity index (χ2n) is 5.18. The summed E-state index contributed by atoms with van der Waals surface area (Å²) < 4.78 is 19.0. The van der Waals surface area contributed by atoms with Crippen LogP contribution in [0.1, 0.15) is 11.1 Å². The van der Waals surface area contributed by atoms with Gasteiger partial charge in [-0.05, 0) is 29.7 Å². The predicted molar refractivity (Wildman–Crippen MR) is 79.3 cm³/mol. The summed E-state index contributed by atoms with van der Waals surface area (Å²) >= 11 is 5.90. The van der Waals surface area contributed by atoms with Gasteiger partial charge >= 0.3 is 0 Å². The summed E-state index contributed by atoms with van der Waals surface area (Å²) in [6.07, 6.45) is 0.786. The fraction of sp³-hybridized carbons (Fsp3) is 0.235. The summed E-state index contributed by atoms with van der Waals surface area (Å²) in [7, 11) is 0. The average Bonchev–Trinajstić information content (AvgIpc) is 2.51. The Balaban J connectivity index is 1.74. The molecule has 0 saturated heterocycles. The van der Waals surface area contributed by atoms with Crippen molar-refractivity contribution in [1.82, 2.24) is 0 Å². The fourth-order valence-corrected chi connectivity index (χ4v) is 2.74. The van der Waals surface area contributed by atoms with Crippen molar-refractivity contribution in [1.29, 1.82) is 0 Å². The molecular weight excluding hydrogens is 291 g/mol. The third-order valence-electron chi connectivity index (χ3n) is 3.73. The van der Waals surface area contributed by atoms with E-state index < -0.39 is 5.82 Å². The highest BCUT2D eigenvalue weighted by Crippen LogP contribution is 2.28. The van der Waals surface area contributed by atoms with Gasteiger partial charge in [-0.3, -0.25) is 4.79 Å². The Hall–Kier alpha value is -1.87. The van der Waals surface area contributed by atoms with Crippen LogP contribution < -0.4 is 4.74 Å². The Labute approximate surface area is 127 Å². The Morgan fingerprint density at radius 1 is 1.24 bits per heavy atom. The average molecular weight is 305 g/mol. The molecule has 1 atom stereocenters. The van der Waals surface area contributed by atoms with Gasteiger partial charge in [0.05, 0.1) is 17.5 Å². The number of Topliss-reactive ketones (excluding diaryl/α,β-unsaturated/α-hetero) is 1. The van der Waals surface area contributed by atoms with Crippen LogP contribution in [0.4, 0.5) is 4.39 Å². The maximum Gasteiger partial charge on any atom is 0.144 e. The fourth-order valence-electron chi connectivity index (χ4n) is 2.55. The first kappa shape index (κ1) is 14.1. The normalized spacial score (nSPS) is 17.0. The van der Waals surface area contributed by atoms with Crippen LogP contribution in [-0.4, -0.2) is 12.4 Å². The zero-order valence-electron chi connectivity index (χ0n) is 11.3. The van der Waals surface area contributed by atoms with E-state index in [-0.39, 0.29) is 23.1 Å². The molecule has 3 rings (SSSR count). The van der Waals surface area contributed by atoms with Crippen LogP contribution in [0, 0.1) is 11.7 Å². The molecule has 1 aliphatic heterocycles. The largest absolute Gasteiger partial charge is 0.493 e. The smallest absolute Gasteiger partial charge is 0.144 e. The van der Waals surface area contributed by atoms with Gasteiger partial charge < -0.3 is 4.74 Å². The maximum absolute atomic E-state index is 13.4. The van der Waals surface area contributed by atoms with Crippen LogP contribution in [-0.2, 0) is 17.6 Å². The van der Waals surface area contributed by atoms with E-state index in [1.165, 1.54) is 6.07 Å². The molecule has 0 aromatic heterocycles. The summed E-state index contributed by atoms with van der Waals surface area (Å²) in [4.78, 5) is 12.4. The van der Waals surface area contributed by atoms with Crippen LogP contribution in [0.25, 0.3) is 0 Å². The number of hydrogen-bond donors (Lipinski definition) is 0. The van der Waals surface area contributed by atoms with Gasteiger partial charge in [0.2, 0.25) is 0 Å². The number of benzene rings is 2. The summed E-state index contributed by atoms with van der Waals surface area (Å²) in [5.41, 5.74) is 1.56. The van der Waals surface area contributed by atoms with Crippen LogP contribution in [0.2, 0.25) is 5.02 Å². The summed E-state index contributed by atoms with van der Waals surface area (Å²) in [5, 5.41) is 0.0305. The van der Waals surface area contributed by atoms with Gasteiger partial charge in [0.25, 0.3) is 0 Å². The first-order valence-electron chi connectivity index (χ1n) is 6.81. The Morgan fingerprint density at radius 2 is 2.05 bits per heavy atom. The third-order valence-corrected chi connectivity index (χ3v) is 4.15. The molecule has 0 N–H and O–H groups in total. The Morgan fingerprint density at radius 3 is 2.90 bits per heavy atom. The molecule has 1 aliphatic rings. The molecule has 1 heterocycles. The first-order valence-corrected chi connectivity index (χ1v) is 7.19. The van der Waals surface area contributed by atoms with Crippen LogP contribution in [0.3, 0.4) is 0 Å². The molecule has 0 spiro atoms. The molecule has 0 fully saturated rings. The Kier molecular flexibility index (Phi) is 3.93. The van der Waals surface area contributed by atoms with Crippen LogP contribution in [0.5, 0.6) is 5.75 Å². The lowest BCUT2D eigenvalue weighted by molar-refractivity contribution is -0.123. The van der Waals surface area contributed by atoms with Gasteiger partial charge in [0.15, 0.2) is 0 Å². The molecule has 108 valence electrons. The zero-order chi connectivity index (χ0) is 14.8. The van der Waals surface area contributed by atoms with Crippen molar-refractivity contribution < 1.29 is 13.9 Å². The molecule has 0 bridgehead atoms. The minimum absolute atomic E-state index is 0.0250. The van der Waals surface area contributed by atoms with E-state index in [0.29, 0.717) is 18.6 Å². The van der Waals surface area contributed by atoms with E-state index in [2.05, 4.69) is 0 Å². The van der Waals surface area contributed by atoms with Gasteiger partial charge in [-0.25, -0.2) is 4.39 Å². The van der Waals surface area contributed by atoms with E-state index in [9.17, 15) is 9.18 Å². The number of ether oxygens (including phenoxy) is 1. The van der Waals surface area contributed by atoms with Crippen molar-refractivity contribution in [3.63, 3.8) is 0 Å². The lowest BCUT2D eigenvalue weighted by atomic mass is 9.90. The molecule has 1 unspecified atom stereocenters. The number of carbonyl (C=O) groups excluding carboxylic acids is 1. The molecule has 2 nitrogen and oxygen atoms in total. The van der Waals surface area contributed by atoms with Gasteiger partial charge in [0.1, 0.15) is 17.3 Å². The first-order chi connectivity index (χ1) is 10.1. The molecular formula is C17H14ClFO2. The van der Waals surface area contributed by atoms with E-state index in [1.54, 1.807) is 12.1 Å². The number of ketones is 1. The molecule has 0 saturated carbocycles. The highest BCUT2D eigenvalue weighted by Gasteiger charge is 2.26. The minimum Gasteiger partial charge on any atom is -0.493 e. The van der Waals surface area contributed by atoms with Gasteiger partial charge in [-0.15, -0.1) is 0 Å². The number of para-hydroxylation sites is 1. The second kappa shape index (κ2) is 5.86. The van der Waals surface area contributed by atoms with Crippen molar-refractivity contribution in [3.8, 4) is 5.75 Å². The molecule has 4 heteroatoms. The Bertz CT molecular complexity index is 684. The summed E-state index contributed by atoms with van der Waals surface area (Å²) in [6, 6.07) is 12.2. The monoisotopic (exact) mass is 304 g/mol. The van der Waals surface area contributed by atoms with E-state index in [1.807, 2.05) is 24.3 Å². The third kappa shape index (κ3) is 2.93. The van der Waals surface area contributed by atoms with Crippen molar-refractivity contribution in [2.45, 2.75) is 12.8 Å². The molecule has 0 aliphatic carbocycles. The number of halogens is 2.